The Bertz CT molecular complexity index is 1050. The van der Waals surface area contributed by atoms with Gasteiger partial charge in [0.05, 0.1) is 0 Å². The van der Waals surface area contributed by atoms with E-state index < -0.39 is 0 Å². The molecule has 0 saturated carbocycles. The molecule has 1 amide bonds. The van der Waals surface area contributed by atoms with Gasteiger partial charge in [0.25, 0.3) is 5.91 Å². The molecule has 0 fully saturated rings. The fourth-order valence-corrected chi connectivity index (χ4v) is 4.04. The van der Waals surface area contributed by atoms with E-state index >= 15 is 0 Å². The van der Waals surface area contributed by atoms with Crippen molar-refractivity contribution in [1.82, 2.24) is 25.3 Å². The summed E-state index contributed by atoms with van der Waals surface area (Å²) in [6.45, 7) is 1.17. The van der Waals surface area contributed by atoms with E-state index in [9.17, 15) is 4.79 Å². The Morgan fingerprint density at radius 1 is 0.966 bits per heavy atom. The molecule has 0 spiro atoms. The molecule has 4 aromatic heterocycles. The van der Waals surface area contributed by atoms with Crippen LogP contribution in [0.3, 0.4) is 0 Å². The number of thiophene rings is 1. The second-order valence-electron chi connectivity index (χ2n) is 6.02. The molecular formula is C20H18N6OS2. The summed E-state index contributed by atoms with van der Waals surface area (Å²) in [4.78, 5) is 30.7. The molecule has 9 heteroatoms. The van der Waals surface area contributed by atoms with Gasteiger partial charge >= 0.3 is 0 Å². The van der Waals surface area contributed by atoms with E-state index in [4.69, 9.17) is 0 Å². The van der Waals surface area contributed by atoms with Crippen LogP contribution in [-0.2, 0) is 0 Å². The SMILES string of the molecule is O=C(NCCCNc1ncc(-c2cccs2)c(-c2nccs2)n1)c1ccccn1. The third kappa shape index (κ3) is 4.82. The van der Waals surface area contributed by atoms with Crippen LogP contribution < -0.4 is 10.6 Å². The molecule has 4 heterocycles. The number of hydrogen-bond donors (Lipinski definition) is 2. The van der Waals surface area contributed by atoms with Gasteiger partial charge in [-0.1, -0.05) is 12.1 Å². The first-order valence-electron chi connectivity index (χ1n) is 9.05. The number of anilines is 1. The molecule has 146 valence electrons. The van der Waals surface area contributed by atoms with Gasteiger partial charge in [0.15, 0.2) is 0 Å². The highest BCUT2D eigenvalue weighted by Crippen LogP contribution is 2.34. The van der Waals surface area contributed by atoms with Crippen molar-refractivity contribution in [3.8, 4) is 21.1 Å². The number of nitrogens with one attached hydrogen (secondary N) is 2. The van der Waals surface area contributed by atoms with Gasteiger partial charge < -0.3 is 10.6 Å². The largest absolute Gasteiger partial charge is 0.354 e. The van der Waals surface area contributed by atoms with Crippen LogP contribution in [0.25, 0.3) is 21.1 Å². The molecule has 4 rings (SSSR count). The Morgan fingerprint density at radius 3 is 2.69 bits per heavy atom. The molecule has 0 saturated heterocycles. The first-order chi connectivity index (χ1) is 14.3. The van der Waals surface area contributed by atoms with Crippen LogP contribution in [0.5, 0.6) is 0 Å². The van der Waals surface area contributed by atoms with Crippen LogP contribution in [0, 0.1) is 0 Å². The summed E-state index contributed by atoms with van der Waals surface area (Å²) in [6, 6.07) is 9.33. The summed E-state index contributed by atoms with van der Waals surface area (Å²) in [6.07, 6.45) is 5.95. The average molecular weight is 423 g/mol. The summed E-state index contributed by atoms with van der Waals surface area (Å²) in [5.74, 6) is 0.375. The molecule has 0 unspecified atom stereocenters. The highest BCUT2D eigenvalue weighted by molar-refractivity contribution is 7.14. The molecule has 0 radical (unpaired) electrons. The number of carbonyl (C=O) groups is 1. The molecule has 0 aliphatic heterocycles. The predicted octanol–water partition coefficient (Wildman–Crippen LogP) is 3.96. The van der Waals surface area contributed by atoms with Gasteiger partial charge in [-0.2, -0.15) is 0 Å². The number of carbonyl (C=O) groups excluding carboxylic acids is 1. The quantitative estimate of drug-likeness (QED) is 0.418. The molecule has 4 aromatic rings. The fourth-order valence-electron chi connectivity index (χ4n) is 2.66. The molecule has 0 aliphatic carbocycles. The maximum absolute atomic E-state index is 12.0. The number of thiazole rings is 1. The van der Waals surface area contributed by atoms with E-state index in [0.29, 0.717) is 24.7 Å². The average Bonchev–Trinajstić information content (AvgIpc) is 3.48. The van der Waals surface area contributed by atoms with E-state index in [1.54, 1.807) is 53.3 Å². The Labute approximate surface area is 175 Å². The summed E-state index contributed by atoms with van der Waals surface area (Å²) < 4.78 is 0. The number of rotatable bonds is 8. The van der Waals surface area contributed by atoms with Crippen LogP contribution >= 0.6 is 22.7 Å². The summed E-state index contributed by atoms with van der Waals surface area (Å²) in [5.41, 5.74) is 2.22. The van der Waals surface area contributed by atoms with Crippen molar-refractivity contribution in [2.24, 2.45) is 0 Å². The Morgan fingerprint density at radius 2 is 1.93 bits per heavy atom. The van der Waals surface area contributed by atoms with Crippen LogP contribution in [0.15, 0.2) is 59.7 Å². The lowest BCUT2D eigenvalue weighted by atomic mass is 10.2. The fraction of sp³-hybridized carbons (Fsp3) is 0.150. The van der Waals surface area contributed by atoms with Gasteiger partial charge in [-0.25, -0.2) is 15.0 Å². The van der Waals surface area contributed by atoms with Gasteiger partial charge in [0.1, 0.15) is 16.4 Å². The highest BCUT2D eigenvalue weighted by Gasteiger charge is 2.14. The minimum atomic E-state index is -0.173. The van der Waals surface area contributed by atoms with Crippen LogP contribution in [-0.4, -0.2) is 38.9 Å². The van der Waals surface area contributed by atoms with Gasteiger partial charge in [-0.05, 0) is 30.0 Å². The highest BCUT2D eigenvalue weighted by atomic mass is 32.1. The molecule has 2 N–H and O–H groups in total. The van der Waals surface area contributed by atoms with Crippen molar-refractivity contribution in [2.45, 2.75) is 6.42 Å². The van der Waals surface area contributed by atoms with Crippen LogP contribution in [0.1, 0.15) is 16.9 Å². The van der Waals surface area contributed by atoms with Crippen molar-refractivity contribution in [3.63, 3.8) is 0 Å². The van der Waals surface area contributed by atoms with Gasteiger partial charge in [-0.15, -0.1) is 22.7 Å². The summed E-state index contributed by atoms with van der Waals surface area (Å²) in [5, 5.41) is 10.9. The maximum Gasteiger partial charge on any atom is 0.269 e. The first-order valence-corrected chi connectivity index (χ1v) is 10.8. The van der Waals surface area contributed by atoms with Crippen molar-refractivity contribution >= 4 is 34.5 Å². The van der Waals surface area contributed by atoms with Crippen molar-refractivity contribution in [1.29, 1.82) is 0 Å². The Hall–Kier alpha value is -3.17. The number of aromatic nitrogens is 4. The summed E-state index contributed by atoms with van der Waals surface area (Å²) >= 11 is 3.20. The van der Waals surface area contributed by atoms with E-state index in [0.717, 1.165) is 27.6 Å². The zero-order valence-corrected chi connectivity index (χ0v) is 17.0. The first kappa shape index (κ1) is 19.2. The lowest BCUT2D eigenvalue weighted by molar-refractivity contribution is 0.0948. The van der Waals surface area contributed by atoms with Crippen molar-refractivity contribution < 1.29 is 4.79 Å². The number of pyridine rings is 1. The predicted molar refractivity (Wildman–Crippen MR) is 116 cm³/mol. The molecule has 0 atom stereocenters. The minimum absolute atomic E-state index is 0.173. The smallest absolute Gasteiger partial charge is 0.269 e. The van der Waals surface area contributed by atoms with Gasteiger partial charge in [-0.3, -0.25) is 9.78 Å². The zero-order chi connectivity index (χ0) is 19.9. The number of hydrogen-bond acceptors (Lipinski definition) is 8. The summed E-state index contributed by atoms with van der Waals surface area (Å²) in [7, 11) is 0. The molecule has 29 heavy (non-hydrogen) atoms. The Kier molecular flexibility index (Phi) is 6.18. The Balaban J connectivity index is 1.36. The van der Waals surface area contributed by atoms with E-state index in [2.05, 4.69) is 36.6 Å². The van der Waals surface area contributed by atoms with E-state index in [1.807, 2.05) is 23.0 Å². The molecule has 0 aliphatic rings. The molecule has 7 nitrogen and oxygen atoms in total. The zero-order valence-electron chi connectivity index (χ0n) is 15.4. The normalized spacial score (nSPS) is 10.6. The van der Waals surface area contributed by atoms with Gasteiger partial charge in [0, 0.05) is 47.5 Å². The lowest BCUT2D eigenvalue weighted by Crippen LogP contribution is -2.26. The standard InChI is InChI=1S/C20H18N6OS2/c27-18(15-5-1-2-7-21-15)22-8-4-9-24-20-25-13-14(16-6-3-11-28-16)17(26-20)19-23-10-12-29-19/h1-3,5-7,10-13H,4,8-9H2,(H,22,27)(H,24,25,26). The second-order valence-corrected chi connectivity index (χ2v) is 7.86. The maximum atomic E-state index is 12.0. The van der Waals surface area contributed by atoms with Gasteiger partial charge in [0.2, 0.25) is 5.95 Å². The van der Waals surface area contributed by atoms with E-state index in [-0.39, 0.29) is 5.91 Å². The number of amides is 1. The lowest BCUT2D eigenvalue weighted by Gasteiger charge is -2.09. The monoisotopic (exact) mass is 422 g/mol. The molecule has 0 bridgehead atoms. The van der Waals surface area contributed by atoms with Crippen molar-refractivity contribution in [3.05, 3.63) is 65.4 Å². The van der Waals surface area contributed by atoms with Crippen molar-refractivity contribution in [2.75, 3.05) is 18.4 Å². The van der Waals surface area contributed by atoms with Crippen LogP contribution in [0.4, 0.5) is 5.95 Å². The topological polar surface area (TPSA) is 92.7 Å². The number of nitrogens with zero attached hydrogens (tertiary/aromatic N) is 4. The minimum Gasteiger partial charge on any atom is -0.354 e. The molecular weight excluding hydrogens is 404 g/mol. The third-order valence-electron chi connectivity index (χ3n) is 4.03. The molecule has 0 aromatic carbocycles. The van der Waals surface area contributed by atoms with E-state index in [1.165, 1.54) is 0 Å². The second kappa shape index (κ2) is 9.35. The van der Waals surface area contributed by atoms with Crippen LogP contribution in [0.2, 0.25) is 0 Å². The third-order valence-corrected chi connectivity index (χ3v) is 5.71.